The zero-order chi connectivity index (χ0) is 17.9. The highest BCUT2D eigenvalue weighted by Gasteiger charge is 2.31. The van der Waals surface area contributed by atoms with Gasteiger partial charge in [-0.15, -0.1) is 0 Å². The van der Waals surface area contributed by atoms with E-state index >= 15 is 0 Å². The molecule has 1 aliphatic carbocycles. The van der Waals surface area contributed by atoms with Gasteiger partial charge in [-0.3, -0.25) is 9.69 Å². The van der Waals surface area contributed by atoms with Crippen LogP contribution in [0.25, 0.3) is 10.2 Å². The molecule has 2 N–H and O–H groups in total. The van der Waals surface area contributed by atoms with Crippen LogP contribution in [-0.2, 0) is 17.9 Å². The molecule has 5 nitrogen and oxygen atoms in total. The maximum absolute atomic E-state index is 13.0. The number of thiazole rings is 1. The smallest absolute Gasteiger partial charge is 0.231 e. The molecule has 1 amide bonds. The Bertz CT molecular complexity index is 882. The Kier molecular flexibility index (Phi) is 5.04. The third-order valence-corrected chi connectivity index (χ3v) is 6.13. The van der Waals surface area contributed by atoms with Crippen LogP contribution in [0.3, 0.4) is 0 Å². The van der Waals surface area contributed by atoms with Crippen molar-refractivity contribution in [1.29, 1.82) is 0 Å². The molecule has 2 aromatic heterocycles. The molecule has 1 fully saturated rings. The summed E-state index contributed by atoms with van der Waals surface area (Å²) in [6, 6.07) is 10.2. The van der Waals surface area contributed by atoms with Gasteiger partial charge in [-0.25, -0.2) is 4.98 Å². The first-order valence-corrected chi connectivity index (χ1v) is 10.1. The fourth-order valence-electron chi connectivity index (χ4n) is 3.31. The number of hydrogen-bond acceptors (Lipinski definition) is 4. The van der Waals surface area contributed by atoms with Crippen LogP contribution >= 0.6 is 11.3 Å². The van der Waals surface area contributed by atoms with E-state index in [1.54, 1.807) is 11.3 Å². The molecular formula is C20H24N4OS. The Balaban J connectivity index is 1.55. The molecule has 0 bridgehead atoms. The van der Waals surface area contributed by atoms with Crippen LogP contribution < -0.4 is 10.6 Å². The quantitative estimate of drug-likeness (QED) is 0.690. The van der Waals surface area contributed by atoms with E-state index in [9.17, 15) is 4.79 Å². The van der Waals surface area contributed by atoms with Crippen LogP contribution in [-0.4, -0.2) is 22.0 Å². The number of benzene rings is 1. The molecule has 0 atom stereocenters. The Labute approximate surface area is 157 Å². The summed E-state index contributed by atoms with van der Waals surface area (Å²) in [5, 5.41) is 0.818. The maximum Gasteiger partial charge on any atom is 0.231 e. The van der Waals surface area contributed by atoms with Crippen LogP contribution in [0.5, 0.6) is 0 Å². The lowest BCUT2D eigenvalue weighted by atomic mass is 9.84. The molecule has 1 aliphatic rings. The first-order chi connectivity index (χ1) is 12.7. The number of hydrogen-bond donors (Lipinski definition) is 1. The molecule has 3 aromatic rings. The summed E-state index contributed by atoms with van der Waals surface area (Å²) in [6.07, 6.45) is 8.21. The number of rotatable bonds is 7. The summed E-state index contributed by atoms with van der Waals surface area (Å²) < 4.78 is 3.25. The first-order valence-electron chi connectivity index (χ1n) is 9.26. The highest BCUT2D eigenvalue weighted by atomic mass is 32.1. The molecule has 0 saturated heterocycles. The van der Waals surface area contributed by atoms with Gasteiger partial charge in [-0.2, -0.15) is 0 Å². The van der Waals surface area contributed by atoms with Gasteiger partial charge in [-0.1, -0.05) is 23.8 Å². The summed E-state index contributed by atoms with van der Waals surface area (Å²) in [7, 11) is 0. The fourth-order valence-corrected chi connectivity index (χ4v) is 4.37. The number of fused-ring (bicyclic) bond motifs is 1. The van der Waals surface area contributed by atoms with Crippen molar-refractivity contribution in [2.24, 2.45) is 11.7 Å². The zero-order valence-corrected chi connectivity index (χ0v) is 15.6. The van der Waals surface area contributed by atoms with Gasteiger partial charge < -0.3 is 10.3 Å². The highest BCUT2D eigenvalue weighted by molar-refractivity contribution is 7.22. The van der Waals surface area contributed by atoms with E-state index in [0.717, 1.165) is 53.1 Å². The molecule has 2 heterocycles. The van der Waals surface area contributed by atoms with Crippen LogP contribution in [0.4, 0.5) is 5.13 Å². The monoisotopic (exact) mass is 368 g/mol. The third kappa shape index (κ3) is 3.52. The molecule has 6 heteroatoms. The standard InChI is InChI=1S/C20H24N4OS/c21-14-15-7-8-17-18(13-15)26-20(22-17)24(19(25)16-5-3-6-16)12-4-11-23-9-1-2-10-23/h1-2,7-10,13,16H,3-6,11-12,14,21H2. The molecule has 0 radical (unpaired) electrons. The van der Waals surface area contributed by atoms with Gasteiger partial charge in [0.15, 0.2) is 5.13 Å². The van der Waals surface area contributed by atoms with E-state index in [2.05, 4.69) is 23.0 Å². The average molecular weight is 369 g/mol. The van der Waals surface area contributed by atoms with E-state index < -0.39 is 0 Å². The predicted molar refractivity (Wildman–Crippen MR) is 106 cm³/mol. The van der Waals surface area contributed by atoms with Crippen molar-refractivity contribution in [3.8, 4) is 0 Å². The number of anilines is 1. The van der Waals surface area contributed by atoms with Crippen LogP contribution in [0.1, 0.15) is 31.2 Å². The fraction of sp³-hybridized carbons (Fsp3) is 0.400. The predicted octanol–water partition coefficient (Wildman–Crippen LogP) is 3.78. The topological polar surface area (TPSA) is 64.2 Å². The number of amides is 1. The lowest BCUT2D eigenvalue weighted by Crippen LogP contribution is -2.39. The molecule has 0 unspecified atom stereocenters. The molecule has 136 valence electrons. The lowest BCUT2D eigenvalue weighted by molar-refractivity contribution is -0.124. The summed E-state index contributed by atoms with van der Waals surface area (Å²) in [6.45, 7) is 2.13. The minimum absolute atomic E-state index is 0.174. The van der Waals surface area contributed by atoms with Gasteiger partial charge in [-0.05, 0) is 49.1 Å². The van der Waals surface area contributed by atoms with E-state index in [-0.39, 0.29) is 11.8 Å². The Morgan fingerprint density at radius 3 is 2.81 bits per heavy atom. The molecule has 4 rings (SSSR count). The molecule has 26 heavy (non-hydrogen) atoms. The van der Waals surface area contributed by atoms with Gasteiger partial charge in [0.05, 0.1) is 10.2 Å². The second kappa shape index (κ2) is 7.60. The van der Waals surface area contributed by atoms with Crippen molar-refractivity contribution in [1.82, 2.24) is 9.55 Å². The Morgan fingerprint density at radius 2 is 2.12 bits per heavy atom. The van der Waals surface area contributed by atoms with Crippen molar-refractivity contribution >= 4 is 32.6 Å². The van der Waals surface area contributed by atoms with Crippen molar-refractivity contribution in [3.05, 3.63) is 48.3 Å². The normalized spacial score (nSPS) is 14.5. The SMILES string of the molecule is NCc1ccc2nc(N(CCCn3cccc3)C(=O)C3CCC3)sc2c1. The summed E-state index contributed by atoms with van der Waals surface area (Å²) in [5.74, 6) is 0.412. The number of nitrogens with two attached hydrogens (primary N) is 1. The van der Waals surface area contributed by atoms with Crippen molar-refractivity contribution in [2.45, 2.75) is 38.8 Å². The van der Waals surface area contributed by atoms with Crippen molar-refractivity contribution in [3.63, 3.8) is 0 Å². The molecule has 0 spiro atoms. The number of aromatic nitrogens is 2. The number of aryl methyl sites for hydroxylation is 1. The van der Waals surface area contributed by atoms with Crippen molar-refractivity contribution in [2.75, 3.05) is 11.4 Å². The average Bonchev–Trinajstić information content (AvgIpc) is 3.25. The van der Waals surface area contributed by atoms with Crippen LogP contribution in [0, 0.1) is 5.92 Å². The second-order valence-corrected chi connectivity index (χ2v) is 7.90. The van der Waals surface area contributed by atoms with Crippen LogP contribution in [0.2, 0.25) is 0 Å². The van der Waals surface area contributed by atoms with Gasteiger partial charge in [0.2, 0.25) is 5.91 Å². The van der Waals surface area contributed by atoms with Gasteiger partial charge in [0, 0.05) is 37.9 Å². The van der Waals surface area contributed by atoms with Gasteiger partial charge in [0.25, 0.3) is 0 Å². The van der Waals surface area contributed by atoms with E-state index in [4.69, 9.17) is 10.7 Å². The lowest BCUT2D eigenvalue weighted by Gasteiger charge is -2.30. The summed E-state index contributed by atoms with van der Waals surface area (Å²) in [5.41, 5.74) is 7.79. The third-order valence-electron chi connectivity index (χ3n) is 5.09. The van der Waals surface area contributed by atoms with E-state index in [0.29, 0.717) is 13.1 Å². The van der Waals surface area contributed by atoms with Crippen molar-refractivity contribution < 1.29 is 4.79 Å². The summed E-state index contributed by atoms with van der Waals surface area (Å²) in [4.78, 5) is 19.6. The minimum Gasteiger partial charge on any atom is -0.354 e. The molecule has 1 saturated carbocycles. The summed E-state index contributed by atoms with van der Waals surface area (Å²) >= 11 is 1.59. The Hall–Kier alpha value is -2.18. The number of carbonyl (C=O) groups is 1. The zero-order valence-electron chi connectivity index (χ0n) is 14.8. The number of carbonyl (C=O) groups excluding carboxylic acids is 1. The Morgan fingerprint density at radius 1 is 1.31 bits per heavy atom. The first kappa shape index (κ1) is 17.2. The van der Waals surface area contributed by atoms with E-state index in [1.165, 1.54) is 0 Å². The van der Waals surface area contributed by atoms with E-state index in [1.807, 2.05) is 29.2 Å². The largest absolute Gasteiger partial charge is 0.354 e. The molecule has 1 aromatic carbocycles. The van der Waals surface area contributed by atoms with Gasteiger partial charge >= 0.3 is 0 Å². The number of nitrogens with zero attached hydrogens (tertiary/aromatic N) is 3. The van der Waals surface area contributed by atoms with Gasteiger partial charge in [0.1, 0.15) is 0 Å². The molecule has 0 aliphatic heterocycles. The maximum atomic E-state index is 13.0. The highest BCUT2D eigenvalue weighted by Crippen LogP contribution is 2.34. The minimum atomic E-state index is 0.174. The van der Waals surface area contributed by atoms with Crippen LogP contribution in [0.15, 0.2) is 42.7 Å². The second-order valence-electron chi connectivity index (χ2n) is 6.89. The molecular weight excluding hydrogens is 344 g/mol.